The molecule has 0 aromatic carbocycles. The predicted molar refractivity (Wildman–Crippen MR) is 61.7 cm³/mol. The number of nitrogens with two attached hydrogens (primary N) is 1. The number of hydrogen-bond donors (Lipinski definition) is 4. The first kappa shape index (κ1) is 17.5. The molecular formula is C11H20N2O4Pt. The molecule has 0 aliphatic heterocycles. The fraction of sp³-hybridized carbons (Fsp3) is 0.818. The molecule has 18 heavy (non-hydrogen) atoms. The molecule has 108 valence electrons. The molecule has 0 aromatic heterocycles. The average molecular weight is 439 g/mol. The monoisotopic (exact) mass is 439 g/mol. The van der Waals surface area contributed by atoms with Crippen molar-refractivity contribution >= 4 is 11.9 Å². The molecular weight excluding hydrogens is 419 g/mol. The topological polar surface area (TPSA) is 113 Å². The second-order valence-electron chi connectivity index (χ2n) is 4.58. The van der Waals surface area contributed by atoms with E-state index in [2.05, 4.69) is 11.1 Å². The number of rotatable bonds is 4. The molecule has 0 atom stereocenters. The van der Waals surface area contributed by atoms with Gasteiger partial charge in [-0.3, -0.25) is 0 Å². The van der Waals surface area contributed by atoms with Crippen molar-refractivity contribution in [2.24, 2.45) is 5.73 Å². The normalized spacial score (nSPS) is 18.8. The number of nitrogens with one attached hydrogen (secondary N) is 1. The Balaban J connectivity index is 0.000000308. The molecule has 0 spiro atoms. The molecule has 0 saturated heterocycles. The Hall–Kier alpha value is -0.452. The van der Waals surface area contributed by atoms with E-state index in [4.69, 9.17) is 10.2 Å². The molecule has 0 amide bonds. The van der Waals surface area contributed by atoms with Crippen LogP contribution in [0.25, 0.3) is 0 Å². The van der Waals surface area contributed by atoms with Gasteiger partial charge in [-0.15, -0.1) is 0 Å². The minimum Gasteiger partial charge on any atom is -0.480 e. The van der Waals surface area contributed by atoms with Gasteiger partial charge in [-0.25, -0.2) is 9.59 Å². The minimum atomic E-state index is -1.80. The van der Waals surface area contributed by atoms with Gasteiger partial charge in [0, 0.05) is 33.1 Å². The molecule has 0 aromatic rings. The third-order valence-corrected chi connectivity index (χ3v) is 3.21. The zero-order valence-corrected chi connectivity index (χ0v) is 12.4. The first-order valence-corrected chi connectivity index (χ1v) is 5.98. The Morgan fingerprint density at radius 3 is 1.44 bits per heavy atom. The van der Waals surface area contributed by atoms with Crippen molar-refractivity contribution in [1.82, 2.24) is 5.32 Å². The number of hydrogen-bond acceptors (Lipinski definition) is 4. The molecule has 2 fully saturated rings. The summed E-state index contributed by atoms with van der Waals surface area (Å²) in [6.45, 7) is 0. The summed E-state index contributed by atoms with van der Waals surface area (Å²) >= 11 is 0. The van der Waals surface area contributed by atoms with Crippen molar-refractivity contribution in [3.63, 3.8) is 0 Å². The minimum absolute atomic E-state index is 0. The summed E-state index contributed by atoms with van der Waals surface area (Å²) in [7, 11) is 0. The van der Waals surface area contributed by atoms with Crippen LogP contribution in [0.2, 0.25) is 0 Å². The molecule has 0 heterocycles. The molecule has 6 nitrogen and oxygen atoms in total. The van der Waals surface area contributed by atoms with Crippen LogP contribution in [0.4, 0.5) is 0 Å². The van der Waals surface area contributed by atoms with Crippen molar-refractivity contribution in [3.05, 3.63) is 0 Å². The molecule has 2 saturated carbocycles. The van der Waals surface area contributed by atoms with Crippen LogP contribution in [0.3, 0.4) is 0 Å². The molecule has 2 aliphatic carbocycles. The van der Waals surface area contributed by atoms with E-state index in [-0.39, 0.29) is 21.1 Å². The van der Waals surface area contributed by atoms with Crippen molar-refractivity contribution < 1.29 is 40.9 Å². The summed E-state index contributed by atoms with van der Waals surface area (Å²) in [5.74, 6) is -3.06. The standard InChI is InChI=1S/C8H15N.C3H5NO4.Pt/c1-3-7(4-1)9-8-5-2-6-8;4-1(2(5)6)3(7)8;/h7-9H,1-6H2;1H,4H2,(H,5,6)(H,7,8);. The van der Waals surface area contributed by atoms with Crippen molar-refractivity contribution in [2.45, 2.75) is 56.7 Å². The fourth-order valence-corrected chi connectivity index (χ4v) is 1.59. The summed E-state index contributed by atoms with van der Waals surface area (Å²) in [6.07, 6.45) is 8.69. The van der Waals surface area contributed by atoms with Gasteiger partial charge >= 0.3 is 11.9 Å². The van der Waals surface area contributed by atoms with Crippen molar-refractivity contribution in [2.75, 3.05) is 0 Å². The van der Waals surface area contributed by atoms with E-state index < -0.39 is 18.0 Å². The van der Waals surface area contributed by atoms with E-state index in [1.54, 1.807) is 0 Å². The van der Waals surface area contributed by atoms with Crippen LogP contribution in [-0.4, -0.2) is 40.3 Å². The summed E-state index contributed by atoms with van der Waals surface area (Å²) in [5, 5.41) is 19.3. The zero-order valence-electron chi connectivity index (χ0n) is 10.1. The largest absolute Gasteiger partial charge is 0.480 e. The second-order valence-corrected chi connectivity index (χ2v) is 4.58. The van der Waals surface area contributed by atoms with Gasteiger partial charge < -0.3 is 21.3 Å². The first-order valence-electron chi connectivity index (χ1n) is 5.98. The maximum Gasteiger partial charge on any atom is 0.332 e. The molecule has 7 heteroatoms. The summed E-state index contributed by atoms with van der Waals surface area (Å²) in [6, 6.07) is 0.0283. The van der Waals surface area contributed by atoms with E-state index >= 15 is 0 Å². The summed E-state index contributed by atoms with van der Waals surface area (Å²) < 4.78 is 0. The predicted octanol–water partition coefficient (Wildman–Crippen LogP) is 0.161. The zero-order chi connectivity index (χ0) is 12.8. The van der Waals surface area contributed by atoms with Crippen LogP contribution in [0, 0.1) is 0 Å². The van der Waals surface area contributed by atoms with E-state index in [0.29, 0.717) is 0 Å². The molecule has 5 N–H and O–H groups in total. The number of carboxylic acids is 2. The van der Waals surface area contributed by atoms with Gasteiger partial charge in [0.1, 0.15) is 0 Å². The Labute approximate surface area is 121 Å². The SMILES string of the molecule is C1CC(NC2CCC2)C1.NC(C(=O)O)C(=O)O.[Pt]. The number of aliphatic carboxylic acids is 2. The Bertz CT molecular complexity index is 254. The third kappa shape index (κ3) is 5.93. The van der Waals surface area contributed by atoms with Gasteiger partial charge in [-0.1, -0.05) is 12.8 Å². The maximum absolute atomic E-state index is 9.63. The van der Waals surface area contributed by atoms with Crippen LogP contribution in [-0.2, 0) is 30.7 Å². The molecule has 0 bridgehead atoms. The van der Waals surface area contributed by atoms with Gasteiger partial charge in [0.15, 0.2) is 0 Å². The van der Waals surface area contributed by atoms with Crippen LogP contribution >= 0.6 is 0 Å². The maximum atomic E-state index is 9.63. The van der Waals surface area contributed by atoms with Gasteiger partial charge in [-0.2, -0.15) is 0 Å². The van der Waals surface area contributed by atoms with Crippen LogP contribution in [0.5, 0.6) is 0 Å². The van der Waals surface area contributed by atoms with E-state index in [1.165, 1.54) is 38.5 Å². The van der Waals surface area contributed by atoms with Crippen molar-refractivity contribution in [1.29, 1.82) is 0 Å². The molecule has 2 aliphatic rings. The summed E-state index contributed by atoms with van der Waals surface area (Å²) in [4.78, 5) is 19.3. The van der Waals surface area contributed by atoms with Crippen LogP contribution in [0.15, 0.2) is 0 Å². The second kappa shape index (κ2) is 8.62. The van der Waals surface area contributed by atoms with E-state index in [0.717, 1.165) is 12.1 Å². The average Bonchev–Trinajstić information content (AvgIpc) is 2.12. The first-order chi connectivity index (χ1) is 8.00. The smallest absolute Gasteiger partial charge is 0.332 e. The van der Waals surface area contributed by atoms with Crippen LogP contribution in [0.1, 0.15) is 38.5 Å². The van der Waals surface area contributed by atoms with Gasteiger partial charge in [0.2, 0.25) is 6.04 Å². The quantitative estimate of drug-likeness (QED) is 0.465. The Morgan fingerprint density at radius 2 is 1.33 bits per heavy atom. The van der Waals surface area contributed by atoms with E-state index in [1.807, 2.05) is 0 Å². The molecule has 0 radical (unpaired) electrons. The van der Waals surface area contributed by atoms with Gasteiger partial charge in [0.05, 0.1) is 0 Å². The van der Waals surface area contributed by atoms with E-state index in [9.17, 15) is 9.59 Å². The third-order valence-electron chi connectivity index (χ3n) is 3.21. The Morgan fingerprint density at radius 1 is 1.00 bits per heavy atom. The summed E-state index contributed by atoms with van der Waals surface area (Å²) in [5.41, 5.74) is 4.56. The van der Waals surface area contributed by atoms with Crippen molar-refractivity contribution in [3.8, 4) is 0 Å². The number of carboxylic acid groups (broad SMARTS) is 2. The number of carbonyl (C=O) groups is 2. The molecule has 2 rings (SSSR count). The fourth-order valence-electron chi connectivity index (χ4n) is 1.59. The van der Waals surface area contributed by atoms with Gasteiger partial charge in [-0.05, 0) is 25.7 Å². The van der Waals surface area contributed by atoms with Gasteiger partial charge in [0.25, 0.3) is 0 Å². The molecule has 0 unspecified atom stereocenters. The van der Waals surface area contributed by atoms with Crippen LogP contribution < -0.4 is 11.1 Å². The Kier molecular flexibility index (Phi) is 8.40.